The molecule has 148 valence electrons. The molecule has 0 atom stereocenters. The minimum Gasteiger partial charge on any atom is -0.316 e. The van der Waals surface area contributed by atoms with Crippen molar-refractivity contribution < 1.29 is 14.0 Å². The molecule has 0 unspecified atom stereocenters. The van der Waals surface area contributed by atoms with Crippen LogP contribution in [-0.2, 0) is 11.2 Å². The van der Waals surface area contributed by atoms with Crippen molar-refractivity contribution in [2.24, 2.45) is 0 Å². The number of carbonyl (C=O) groups is 2. The topological polar surface area (TPSA) is 50.3 Å². The van der Waals surface area contributed by atoms with Crippen LogP contribution in [0.25, 0.3) is 11.1 Å². The molecular formula is C24H23FN2O2. The number of amides is 1. The number of pyridine rings is 1. The summed E-state index contributed by atoms with van der Waals surface area (Å²) in [6.07, 6.45) is 3.87. The summed E-state index contributed by atoms with van der Waals surface area (Å²) in [5.41, 5.74) is 3.88. The van der Waals surface area contributed by atoms with E-state index in [0.29, 0.717) is 24.0 Å². The second kappa shape index (κ2) is 9.24. The van der Waals surface area contributed by atoms with Crippen molar-refractivity contribution in [3.8, 4) is 11.1 Å². The number of carbonyl (C=O) groups excluding carboxylic acids is 2. The van der Waals surface area contributed by atoms with E-state index in [-0.39, 0.29) is 23.9 Å². The number of nitrogens with zero attached hydrogens (tertiary/aromatic N) is 2. The van der Waals surface area contributed by atoms with E-state index in [1.807, 2.05) is 43.3 Å². The third-order valence-electron chi connectivity index (χ3n) is 4.94. The van der Waals surface area contributed by atoms with Gasteiger partial charge in [-0.15, -0.1) is 0 Å². The number of hydrogen-bond donors (Lipinski definition) is 0. The van der Waals surface area contributed by atoms with Crippen molar-refractivity contribution in [2.45, 2.75) is 26.2 Å². The lowest BCUT2D eigenvalue weighted by molar-refractivity contribution is -0.118. The van der Waals surface area contributed by atoms with Gasteiger partial charge in [-0.05, 0) is 35.7 Å². The van der Waals surface area contributed by atoms with Gasteiger partial charge in [0.15, 0.2) is 5.78 Å². The molecule has 0 spiro atoms. The van der Waals surface area contributed by atoms with Crippen LogP contribution in [0.1, 0.15) is 35.7 Å². The molecular weight excluding hydrogens is 367 g/mol. The Labute approximate surface area is 170 Å². The molecule has 0 aliphatic rings. The second-order valence-electron chi connectivity index (χ2n) is 6.82. The average molecular weight is 390 g/mol. The molecule has 0 saturated carbocycles. The number of halogens is 1. The van der Waals surface area contributed by atoms with Gasteiger partial charge in [0.1, 0.15) is 5.82 Å². The van der Waals surface area contributed by atoms with Crippen molar-refractivity contribution in [1.82, 2.24) is 4.98 Å². The molecule has 3 aromatic rings. The van der Waals surface area contributed by atoms with E-state index in [0.717, 1.165) is 16.8 Å². The lowest BCUT2D eigenvalue weighted by Gasteiger charge is -2.16. The smallest absolute Gasteiger partial charge is 0.226 e. The minimum absolute atomic E-state index is 0.0325. The van der Waals surface area contributed by atoms with Gasteiger partial charge in [-0.25, -0.2) is 4.39 Å². The van der Waals surface area contributed by atoms with E-state index in [9.17, 15) is 14.0 Å². The standard InChI is InChI=1S/C24H23FN2O2/c1-3-24(29)27(2)21-11-8-18(9-12-21)17-4-6-19(7-5-17)23(28)13-10-20-16-26-15-14-22(20)25/h4-9,11-12,14-16H,3,10,13H2,1-2H3. The highest BCUT2D eigenvalue weighted by atomic mass is 19.1. The predicted octanol–water partition coefficient (Wildman–Crippen LogP) is 5.08. The van der Waals surface area contributed by atoms with Gasteiger partial charge in [-0.2, -0.15) is 0 Å². The molecule has 3 rings (SSSR count). The number of ketones is 1. The van der Waals surface area contributed by atoms with E-state index < -0.39 is 0 Å². The largest absolute Gasteiger partial charge is 0.316 e. The zero-order valence-electron chi connectivity index (χ0n) is 16.6. The summed E-state index contributed by atoms with van der Waals surface area (Å²) in [4.78, 5) is 29.7. The number of aromatic nitrogens is 1. The van der Waals surface area contributed by atoms with Crippen molar-refractivity contribution in [1.29, 1.82) is 0 Å². The Morgan fingerprint density at radius 3 is 2.17 bits per heavy atom. The summed E-state index contributed by atoms with van der Waals surface area (Å²) in [6.45, 7) is 1.84. The average Bonchev–Trinajstić information content (AvgIpc) is 2.77. The normalized spacial score (nSPS) is 10.6. The fraction of sp³-hybridized carbons (Fsp3) is 0.208. The quantitative estimate of drug-likeness (QED) is 0.529. The highest BCUT2D eigenvalue weighted by molar-refractivity contribution is 5.96. The maximum atomic E-state index is 13.7. The maximum absolute atomic E-state index is 13.7. The summed E-state index contributed by atoms with van der Waals surface area (Å²) < 4.78 is 13.7. The van der Waals surface area contributed by atoms with Gasteiger partial charge in [0.05, 0.1) is 0 Å². The van der Waals surface area contributed by atoms with Crippen LogP contribution < -0.4 is 4.90 Å². The monoisotopic (exact) mass is 390 g/mol. The van der Waals surface area contributed by atoms with Gasteiger partial charge in [0.2, 0.25) is 5.91 Å². The first-order valence-corrected chi connectivity index (χ1v) is 9.58. The van der Waals surface area contributed by atoms with Gasteiger partial charge in [0.25, 0.3) is 0 Å². The fourth-order valence-corrected chi connectivity index (χ4v) is 3.09. The number of anilines is 1. The van der Waals surface area contributed by atoms with Crippen LogP contribution in [0.15, 0.2) is 67.0 Å². The van der Waals surface area contributed by atoms with Gasteiger partial charge in [0, 0.05) is 49.1 Å². The lowest BCUT2D eigenvalue weighted by atomic mass is 9.99. The third kappa shape index (κ3) is 4.93. The van der Waals surface area contributed by atoms with Gasteiger partial charge in [-0.3, -0.25) is 14.6 Å². The minimum atomic E-state index is -0.335. The Bertz CT molecular complexity index is 998. The highest BCUT2D eigenvalue weighted by Crippen LogP contribution is 2.24. The zero-order valence-corrected chi connectivity index (χ0v) is 16.6. The van der Waals surface area contributed by atoms with Gasteiger partial charge in [-0.1, -0.05) is 43.3 Å². The molecule has 0 fully saturated rings. The number of benzene rings is 2. The summed E-state index contributed by atoms with van der Waals surface area (Å²) in [7, 11) is 1.76. The first kappa shape index (κ1) is 20.4. The highest BCUT2D eigenvalue weighted by Gasteiger charge is 2.10. The van der Waals surface area contributed by atoms with E-state index in [1.165, 1.54) is 18.5 Å². The molecule has 29 heavy (non-hydrogen) atoms. The Hall–Kier alpha value is -3.34. The number of rotatable bonds is 7. The van der Waals surface area contributed by atoms with Crippen LogP contribution in [0.2, 0.25) is 0 Å². The van der Waals surface area contributed by atoms with E-state index in [2.05, 4.69) is 4.98 Å². The van der Waals surface area contributed by atoms with Crippen molar-refractivity contribution in [2.75, 3.05) is 11.9 Å². The van der Waals surface area contributed by atoms with E-state index in [4.69, 9.17) is 0 Å². The number of aryl methyl sites for hydroxylation is 1. The maximum Gasteiger partial charge on any atom is 0.226 e. The van der Waals surface area contributed by atoms with Crippen LogP contribution in [0.3, 0.4) is 0 Å². The third-order valence-corrected chi connectivity index (χ3v) is 4.94. The molecule has 1 heterocycles. The van der Waals surface area contributed by atoms with E-state index >= 15 is 0 Å². The molecule has 5 heteroatoms. The van der Waals surface area contributed by atoms with Crippen LogP contribution in [-0.4, -0.2) is 23.7 Å². The molecule has 0 aliphatic heterocycles. The fourth-order valence-electron chi connectivity index (χ4n) is 3.09. The molecule has 4 nitrogen and oxygen atoms in total. The van der Waals surface area contributed by atoms with Crippen molar-refractivity contribution in [3.05, 3.63) is 83.9 Å². The predicted molar refractivity (Wildman–Crippen MR) is 112 cm³/mol. The number of Topliss-reactive ketones (excluding diaryl/α,β-unsaturated/α-hetero) is 1. The summed E-state index contributed by atoms with van der Waals surface area (Å²) in [5.74, 6) is -0.306. The molecule has 2 aromatic carbocycles. The molecule has 0 bridgehead atoms. The Balaban J connectivity index is 1.66. The first-order chi connectivity index (χ1) is 14.0. The van der Waals surface area contributed by atoms with Crippen LogP contribution >= 0.6 is 0 Å². The SMILES string of the molecule is CCC(=O)N(C)c1ccc(-c2ccc(C(=O)CCc3cnccc3F)cc2)cc1. The first-order valence-electron chi connectivity index (χ1n) is 9.58. The molecule has 0 saturated heterocycles. The zero-order chi connectivity index (χ0) is 20.8. The van der Waals surface area contributed by atoms with Crippen LogP contribution in [0.4, 0.5) is 10.1 Å². The molecule has 1 aromatic heterocycles. The molecule has 0 aliphatic carbocycles. The Morgan fingerprint density at radius 2 is 1.59 bits per heavy atom. The van der Waals surface area contributed by atoms with Crippen molar-refractivity contribution in [3.63, 3.8) is 0 Å². The second-order valence-corrected chi connectivity index (χ2v) is 6.82. The van der Waals surface area contributed by atoms with E-state index in [1.54, 1.807) is 24.1 Å². The van der Waals surface area contributed by atoms with Gasteiger partial charge < -0.3 is 4.90 Å². The summed E-state index contributed by atoms with van der Waals surface area (Å²) in [5, 5.41) is 0. The van der Waals surface area contributed by atoms with Crippen molar-refractivity contribution >= 4 is 17.4 Å². The Morgan fingerprint density at radius 1 is 0.966 bits per heavy atom. The number of hydrogen-bond acceptors (Lipinski definition) is 3. The lowest BCUT2D eigenvalue weighted by Crippen LogP contribution is -2.24. The van der Waals surface area contributed by atoms with Crippen LogP contribution in [0.5, 0.6) is 0 Å². The van der Waals surface area contributed by atoms with Gasteiger partial charge >= 0.3 is 0 Å². The Kier molecular flexibility index (Phi) is 6.50. The summed E-state index contributed by atoms with van der Waals surface area (Å²) in [6, 6.07) is 16.4. The van der Waals surface area contributed by atoms with Crippen LogP contribution in [0, 0.1) is 5.82 Å². The molecule has 0 N–H and O–H groups in total. The summed E-state index contributed by atoms with van der Waals surface area (Å²) >= 11 is 0. The molecule has 1 amide bonds. The molecule has 0 radical (unpaired) electrons.